The van der Waals surface area contributed by atoms with Crippen LogP contribution in [0.2, 0.25) is 5.02 Å². The van der Waals surface area contributed by atoms with Gasteiger partial charge in [-0.1, -0.05) is 23.3 Å². The minimum absolute atomic E-state index is 0.0241. The van der Waals surface area contributed by atoms with Gasteiger partial charge in [-0.25, -0.2) is 0 Å². The quantitative estimate of drug-likeness (QED) is 0.510. The number of carbonyl (C=O) groups is 1. The van der Waals surface area contributed by atoms with Gasteiger partial charge >= 0.3 is 6.18 Å². The molecule has 0 saturated heterocycles. The summed E-state index contributed by atoms with van der Waals surface area (Å²) >= 11 is 5.61. The Bertz CT molecular complexity index is 629. The van der Waals surface area contributed by atoms with E-state index in [1.807, 2.05) is 0 Å². The highest BCUT2D eigenvalue weighted by atomic mass is 35.5. The second kappa shape index (κ2) is 9.25. The van der Waals surface area contributed by atoms with Crippen LogP contribution in [-0.4, -0.2) is 19.0 Å². The van der Waals surface area contributed by atoms with E-state index in [4.69, 9.17) is 11.6 Å². The van der Waals surface area contributed by atoms with E-state index in [-0.39, 0.29) is 17.1 Å². The van der Waals surface area contributed by atoms with Crippen LogP contribution in [0.5, 0.6) is 0 Å². The van der Waals surface area contributed by atoms with Crippen molar-refractivity contribution in [2.24, 2.45) is 0 Å². The average molecular weight is 375 g/mol. The molecule has 0 atom stereocenters. The number of hydrogen-bond donors (Lipinski definition) is 2. The van der Waals surface area contributed by atoms with E-state index in [1.54, 1.807) is 0 Å². The lowest BCUT2D eigenvalue weighted by molar-refractivity contribution is -0.137. The number of halogens is 4. The Morgan fingerprint density at radius 3 is 2.68 bits per heavy atom. The summed E-state index contributed by atoms with van der Waals surface area (Å²) in [6.07, 6.45) is 3.53. The lowest BCUT2D eigenvalue weighted by atomic mass is 9.97. The molecule has 0 aliphatic heterocycles. The van der Waals surface area contributed by atoms with Crippen LogP contribution < -0.4 is 10.6 Å². The SMILES string of the molecule is O=C(CCNCCC1=CCCCC1)Nc1ccc(Cl)cc1C(F)(F)F. The molecule has 0 spiro atoms. The Morgan fingerprint density at radius 1 is 1.20 bits per heavy atom. The lowest BCUT2D eigenvalue weighted by Gasteiger charge is -2.15. The molecule has 0 saturated carbocycles. The van der Waals surface area contributed by atoms with Gasteiger partial charge in [0.1, 0.15) is 0 Å². The van der Waals surface area contributed by atoms with Crippen molar-refractivity contribution in [2.75, 3.05) is 18.4 Å². The van der Waals surface area contributed by atoms with E-state index >= 15 is 0 Å². The molecule has 0 heterocycles. The molecule has 1 aromatic rings. The Hall–Kier alpha value is -1.53. The number of alkyl halides is 3. The molecule has 2 N–H and O–H groups in total. The fourth-order valence-electron chi connectivity index (χ4n) is 2.78. The Balaban J connectivity index is 1.76. The van der Waals surface area contributed by atoms with Gasteiger partial charge in [0.15, 0.2) is 0 Å². The highest BCUT2D eigenvalue weighted by Crippen LogP contribution is 2.36. The summed E-state index contributed by atoms with van der Waals surface area (Å²) in [5.41, 5.74) is 0.235. The highest BCUT2D eigenvalue weighted by molar-refractivity contribution is 6.30. The van der Waals surface area contributed by atoms with Crippen LogP contribution in [0.1, 0.15) is 44.1 Å². The van der Waals surface area contributed by atoms with Crippen LogP contribution in [0.4, 0.5) is 18.9 Å². The molecule has 0 radical (unpaired) electrons. The van der Waals surface area contributed by atoms with Crippen LogP contribution in [0.15, 0.2) is 29.8 Å². The molecule has 1 aliphatic carbocycles. The maximum atomic E-state index is 13.0. The van der Waals surface area contributed by atoms with Crippen molar-refractivity contribution in [1.29, 1.82) is 0 Å². The van der Waals surface area contributed by atoms with Crippen molar-refractivity contribution < 1.29 is 18.0 Å². The van der Waals surface area contributed by atoms with E-state index in [2.05, 4.69) is 16.7 Å². The summed E-state index contributed by atoms with van der Waals surface area (Å²) in [6, 6.07) is 3.31. The second-order valence-electron chi connectivity index (χ2n) is 6.09. The van der Waals surface area contributed by atoms with E-state index < -0.39 is 17.6 Å². The van der Waals surface area contributed by atoms with Gasteiger partial charge in [0.05, 0.1) is 11.3 Å². The molecule has 2 rings (SSSR count). The molecule has 25 heavy (non-hydrogen) atoms. The highest BCUT2D eigenvalue weighted by Gasteiger charge is 2.34. The first-order chi connectivity index (χ1) is 11.9. The summed E-state index contributed by atoms with van der Waals surface area (Å²) in [4.78, 5) is 11.9. The number of allylic oxidation sites excluding steroid dienone is 1. The van der Waals surface area contributed by atoms with E-state index in [0.29, 0.717) is 6.54 Å². The number of carbonyl (C=O) groups excluding carboxylic acids is 1. The number of rotatable bonds is 7. The third kappa shape index (κ3) is 6.71. The van der Waals surface area contributed by atoms with Gasteiger partial charge in [0.25, 0.3) is 0 Å². The third-order valence-corrected chi connectivity index (χ3v) is 4.33. The van der Waals surface area contributed by atoms with Gasteiger partial charge in [0, 0.05) is 18.0 Å². The first kappa shape index (κ1) is 19.8. The standard InChI is InChI=1S/C18H22ClF3N2O/c19-14-6-7-16(15(12-14)18(20,21)22)24-17(25)9-11-23-10-8-13-4-2-1-3-5-13/h4,6-7,12,23H,1-3,5,8-11H2,(H,24,25). The minimum atomic E-state index is -4.57. The Kier molecular flexibility index (Phi) is 7.32. The zero-order chi connectivity index (χ0) is 18.3. The number of nitrogens with one attached hydrogen (secondary N) is 2. The zero-order valence-electron chi connectivity index (χ0n) is 13.9. The number of anilines is 1. The molecular weight excluding hydrogens is 353 g/mol. The van der Waals surface area contributed by atoms with Crippen molar-refractivity contribution in [3.05, 3.63) is 40.4 Å². The molecule has 7 heteroatoms. The molecule has 0 unspecified atom stereocenters. The van der Waals surface area contributed by atoms with Crippen molar-refractivity contribution in [3.63, 3.8) is 0 Å². The molecule has 3 nitrogen and oxygen atoms in total. The van der Waals surface area contributed by atoms with Crippen molar-refractivity contribution in [2.45, 2.75) is 44.7 Å². The number of hydrogen-bond acceptors (Lipinski definition) is 2. The van der Waals surface area contributed by atoms with Gasteiger partial charge in [-0.3, -0.25) is 4.79 Å². The average Bonchev–Trinajstić information content (AvgIpc) is 2.56. The van der Waals surface area contributed by atoms with Crippen LogP contribution in [0.25, 0.3) is 0 Å². The van der Waals surface area contributed by atoms with Crippen LogP contribution in [-0.2, 0) is 11.0 Å². The molecule has 0 aromatic heterocycles. The zero-order valence-corrected chi connectivity index (χ0v) is 14.6. The molecule has 1 aliphatic rings. The Labute approximate surface area is 150 Å². The summed E-state index contributed by atoms with van der Waals surface area (Å²) in [6.45, 7) is 1.20. The fraction of sp³-hybridized carbons (Fsp3) is 0.500. The number of amides is 1. The first-order valence-corrected chi connectivity index (χ1v) is 8.79. The summed E-state index contributed by atoms with van der Waals surface area (Å²) in [7, 11) is 0. The van der Waals surface area contributed by atoms with E-state index in [9.17, 15) is 18.0 Å². The predicted octanol–water partition coefficient (Wildman–Crippen LogP) is 5.17. The molecule has 0 fully saturated rings. The maximum Gasteiger partial charge on any atom is 0.418 e. The van der Waals surface area contributed by atoms with Crippen LogP contribution in [0, 0.1) is 0 Å². The van der Waals surface area contributed by atoms with Crippen molar-refractivity contribution >= 4 is 23.2 Å². The molecule has 1 amide bonds. The summed E-state index contributed by atoms with van der Waals surface area (Å²) in [5, 5.41) is 5.45. The van der Waals surface area contributed by atoms with Gasteiger partial charge in [-0.15, -0.1) is 0 Å². The Morgan fingerprint density at radius 2 is 2.00 bits per heavy atom. The van der Waals surface area contributed by atoms with Crippen LogP contribution >= 0.6 is 11.6 Å². The van der Waals surface area contributed by atoms with E-state index in [0.717, 1.165) is 31.9 Å². The predicted molar refractivity (Wildman–Crippen MR) is 93.7 cm³/mol. The number of benzene rings is 1. The largest absolute Gasteiger partial charge is 0.418 e. The fourth-order valence-corrected chi connectivity index (χ4v) is 2.95. The maximum absolute atomic E-state index is 13.0. The van der Waals surface area contributed by atoms with Gasteiger partial charge < -0.3 is 10.6 Å². The summed E-state index contributed by atoms with van der Waals surface area (Å²) < 4.78 is 38.9. The minimum Gasteiger partial charge on any atom is -0.325 e. The third-order valence-electron chi connectivity index (χ3n) is 4.10. The molecule has 1 aromatic carbocycles. The monoisotopic (exact) mass is 374 g/mol. The van der Waals surface area contributed by atoms with Crippen LogP contribution in [0.3, 0.4) is 0 Å². The molecule has 138 valence electrons. The van der Waals surface area contributed by atoms with Gasteiger partial charge in [-0.05, 0) is 56.8 Å². The summed E-state index contributed by atoms with van der Waals surface area (Å²) in [5.74, 6) is -0.461. The van der Waals surface area contributed by atoms with Gasteiger partial charge in [-0.2, -0.15) is 13.2 Å². The van der Waals surface area contributed by atoms with E-state index in [1.165, 1.54) is 30.5 Å². The molecular formula is C18H22ClF3N2O. The first-order valence-electron chi connectivity index (χ1n) is 8.41. The van der Waals surface area contributed by atoms with Crippen molar-refractivity contribution in [3.8, 4) is 0 Å². The van der Waals surface area contributed by atoms with Gasteiger partial charge in [0.2, 0.25) is 5.91 Å². The normalized spacial score (nSPS) is 15.0. The second-order valence-corrected chi connectivity index (χ2v) is 6.53. The smallest absolute Gasteiger partial charge is 0.325 e. The van der Waals surface area contributed by atoms with Crippen molar-refractivity contribution in [1.82, 2.24) is 5.32 Å². The molecule has 0 bridgehead atoms. The topological polar surface area (TPSA) is 41.1 Å². The lowest BCUT2D eigenvalue weighted by Crippen LogP contribution is -2.24.